The Bertz CT molecular complexity index is 1820. The standard InChI is InChI=1S/C26H20Cl2F3N7O2/c27-17-4-1-3-15(21(17)28)16-11-37(24-20(16)22(26(29,30)31)33-13-34-24)12-19(39)36-9-6-14(7-10-36)38-18-5-2-8-32-23(18)35-25(38)40/h1-5,8,11,13-14H,6-7,9-10,12H2,(H,32,35,40). The Kier molecular flexibility index (Phi) is 6.54. The smallest absolute Gasteiger partial charge is 0.341 e. The van der Waals surface area contributed by atoms with Crippen LogP contribution in [-0.4, -0.2) is 53.0 Å². The molecular weight excluding hydrogens is 570 g/mol. The van der Waals surface area contributed by atoms with E-state index in [4.69, 9.17) is 23.2 Å². The van der Waals surface area contributed by atoms with Crippen molar-refractivity contribution >= 4 is 51.3 Å². The molecule has 1 saturated heterocycles. The Morgan fingerprint density at radius 2 is 1.82 bits per heavy atom. The van der Waals surface area contributed by atoms with E-state index in [0.29, 0.717) is 37.1 Å². The minimum atomic E-state index is -4.77. The number of rotatable bonds is 4. The molecule has 0 spiro atoms. The first-order valence-electron chi connectivity index (χ1n) is 12.3. The van der Waals surface area contributed by atoms with E-state index in [-0.39, 0.29) is 56.4 Å². The van der Waals surface area contributed by atoms with E-state index in [0.717, 1.165) is 6.33 Å². The highest BCUT2D eigenvalue weighted by atomic mass is 35.5. The molecule has 6 rings (SSSR count). The topological polar surface area (TPSA) is 102 Å². The Morgan fingerprint density at radius 1 is 1.05 bits per heavy atom. The molecule has 9 nitrogen and oxygen atoms in total. The highest BCUT2D eigenvalue weighted by Gasteiger charge is 2.37. The van der Waals surface area contributed by atoms with E-state index in [1.54, 1.807) is 33.9 Å². The number of pyridine rings is 1. The molecule has 40 heavy (non-hydrogen) atoms. The molecule has 1 N–H and O–H groups in total. The predicted octanol–water partition coefficient (Wildman–Crippen LogP) is 5.33. The molecule has 1 aliphatic rings. The van der Waals surface area contributed by atoms with Crippen molar-refractivity contribution in [3.8, 4) is 11.1 Å². The maximum Gasteiger partial charge on any atom is 0.434 e. The van der Waals surface area contributed by atoms with E-state index in [1.165, 1.54) is 16.8 Å². The van der Waals surface area contributed by atoms with Gasteiger partial charge < -0.3 is 9.47 Å². The summed E-state index contributed by atoms with van der Waals surface area (Å²) in [6.07, 6.45) is 0.148. The van der Waals surface area contributed by atoms with Crippen LogP contribution in [0.3, 0.4) is 0 Å². The van der Waals surface area contributed by atoms with Crippen LogP contribution in [-0.2, 0) is 17.5 Å². The molecule has 4 aromatic heterocycles. The number of aromatic nitrogens is 6. The summed E-state index contributed by atoms with van der Waals surface area (Å²) in [6, 6.07) is 8.10. The van der Waals surface area contributed by atoms with Gasteiger partial charge in [0.15, 0.2) is 11.3 Å². The number of nitrogens with zero attached hydrogens (tertiary/aromatic N) is 6. The number of nitrogens with one attached hydrogen (secondary N) is 1. The SMILES string of the molecule is O=C(Cn1cc(-c2cccc(Cl)c2Cl)c2c(C(F)(F)F)ncnc21)N1CCC(n2c(=O)[nH]c3ncccc32)CC1. The Balaban J connectivity index is 1.30. The summed E-state index contributed by atoms with van der Waals surface area (Å²) < 4.78 is 45.0. The van der Waals surface area contributed by atoms with Gasteiger partial charge in [-0.2, -0.15) is 13.2 Å². The van der Waals surface area contributed by atoms with Crippen LogP contribution in [0.2, 0.25) is 10.0 Å². The Labute approximate surface area is 234 Å². The van der Waals surface area contributed by atoms with E-state index < -0.39 is 11.9 Å². The maximum atomic E-state index is 14.0. The second-order valence-electron chi connectivity index (χ2n) is 9.47. The van der Waals surface area contributed by atoms with Crippen molar-refractivity contribution in [2.75, 3.05) is 13.1 Å². The fourth-order valence-electron chi connectivity index (χ4n) is 5.32. The minimum Gasteiger partial charge on any atom is -0.341 e. The zero-order valence-corrected chi connectivity index (χ0v) is 22.1. The number of hydrogen-bond donors (Lipinski definition) is 1. The van der Waals surface area contributed by atoms with Crippen molar-refractivity contribution in [3.05, 3.63) is 75.3 Å². The number of aromatic amines is 1. The molecule has 14 heteroatoms. The van der Waals surface area contributed by atoms with Crippen molar-refractivity contribution in [2.45, 2.75) is 31.6 Å². The van der Waals surface area contributed by atoms with E-state index in [1.807, 2.05) is 6.07 Å². The molecular formula is C26H20Cl2F3N7O2. The van der Waals surface area contributed by atoms with Crippen molar-refractivity contribution < 1.29 is 18.0 Å². The van der Waals surface area contributed by atoms with Crippen molar-refractivity contribution in [2.24, 2.45) is 0 Å². The number of fused-ring (bicyclic) bond motifs is 2. The zero-order valence-electron chi connectivity index (χ0n) is 20.6. The van der Waals surface area contributed by atoms with Gasteiger partial charge in [0.05, 0.1) is 20.9 Å². The predicted molar refractivity (Wildman–Crippen MR) is 143 cm³/mol. The summed E-state index contributed by atoms with van der Waals surface area (Å²) in [7, 11) is 0. The number of likely N-dealkylation sites (tertiary alicyclic amines) is 1. The molecule has 206 valence electrons. The first-order valence-corrected chi connectivity index (χ1v) is 13.1. The van der Waals surface area contributed by atoms with E-state index in [2.05, 4.69) is 19.9 Å². The monoisotopic (exact) mass is 589 g/mol. The third-order valence-corrected chi connectivity index (χ3v) is 7.96. The van der Waals surface area contributed by atoms with Gasteiger partial charge >= 0.3 is 11.9 Å². The molecule has 1 amide bonds. The quantitative estimate of drug-likeness (QED) is 0.305. The molecule has 0 saturated carbocycles. The first-order chi connectivity index (χ1) is 19.1. The van der Waals surface area contributed by atoms with E-state index in [9.17, 15) is 22.8 Å². The number of alkyl halides is 3. The number of H-pyrrole nitrogens is 1. The number of hydrogen-bond acceptors (Lipinski definition) is 5. The van der Waals surface area contributed by atoms with Crippen LogP contribution in [0, 0.1) is 0 Å². The van der Waals surface area contributed by atoms with Gasteiger partial charge in [-0.3, -0.25) is 14.3 Å². The number of carbonyl (C=O) groups is 1. The summed E-state index contributed by atoms with van der Waals surface area (Å²) in [6.45, 7) is 0.500. The average molecular weight is 590 g/mol. The number of piperidine rings is 1. The van der Waals surface area contributed by atoms with Crippen LogP contribution in [0.4, 0.5) is 13.2 Å². The molecule has 5 heterocycles. The van der Waals surface area contributed by atoms with Crippen LogP contribution in [0.1, 0.15) is 24.6 Å². The van der Waals surface area contributed by atoms with Gasteiger partial charge in [-0.15, -0.1) is 0 Å². The number of imidazole rings is 1. The first kappa shape index (κ1) is 26.3. The van der Waals surface area contributed by atoms with Gasteiger partial charge in [-0.1, -0.05) is 35.3 Å². The van der Waals surface area contributed by atoms with Crippen LogP contribution >= 0.6 is 23.2 Å². The Morgan fingerprint density at radius 3 is 2.58 bits per heavy atom. The average Bonchev–Trinajstić information content (AvgIpc) is 3.46. The number of amides is 1. The summed E-state index contributed by atoms with van der Waals surface area (Å²) in [5.74, 6) is -0.292. The lowest BCUT2D eigenvalue weighted by atomic mass is 10.0. The highest BCUT2D eigenvalue weighted by molar-refractivity contribution is 6.44. The summed E-state index contributed by atoms with van der Waals surface area (Å²) in [4.78, 5) is 42.1. The zero-order chi connectivity index (χ0) is 28.2. The second-order valence-corrected chi connectivity index (χ2v) is 10.3. The molecule has 0 bridgehead atoms. The van der Waals surface area contributed by atoms with Crippen molar-refractivity contribution in [3.63, 3.8) is 0 Å². The van der Waals surface area contributed by atoms with Crippen LogP contribution in [0.15, 0.2) is 53.8 Å². The molecule has 0 unspecified atom stereocenters. The lowest BCUT2D eigenvalue weighted by molar-refractivity contribution is -0.139. The summed E-state index contributed by atoms with van der Waals surface area (Å²) >= 11 is 12.5. The number of halogens is 5. The Hall–Kier alpha value is -3.90. The largest absolute Gasteiger partial charge is 0.434 e. The van der Waals surface area contributed by atoms with Crippen LogP contribution in [0.25, 0.3) is 33.3 Å². The minimum absolute atomic E-state index is 0.0468. The molecule has 1 aliphatic heterocycles. The van der Waals surface area contributed by atoms with Gasteiger partial charge in [0.1, 0.15) is 18.5 Å². The molecule has 1 aromatic carbocycles. The third-order valence-electron chi connectivity index (χ3n) is 7.14. The maximum absolute atomic E-state index is 14.0. The highest BCUT2D eigenvalue weighted by Crippen LogP contribution is 2.42. The molecule has 0 aliphatic carbocycles. The molecule has 1 fully saturated rings. The van der Waals surface area contributed by atoms with Crippen molar-refractivity contribution in [1.82, 2.24) is 34.0 Å². The van der Waals surface area contributed by atoms with Gasteiger partial charge in [0, 0.05) is 42.7 Å². The second kappa shape index (κ2) is 9.93. The fraction of sp³-hybridized carbons (Fsp3) is 0.269. The third kappa shape index (κ3) is 4.50. The lowest BCUT2D eigenvalue weighted by Crippen LogP contribution is -2.41. The van der Waals surface area contributed by atoms with Crippen LogP contribution in [0.5, 0.6) is 0 Å². The number of benzene rings is 1. The number of carbonyl (C=O) groups excluding carboxylic acids is 1. The lowest BCUT2D eigenvalue weighted by Gasteiger charge is -2.32. The van der Waals surface area contributed by atoms with Crippen molar-refractivity contribution in [1.29, 1.82) is 0 Å². The normalized spacial score (nSPS) is 14.9. The molecule has 5 aromatic rings. The van der Waals surface area contributed by atoms with Gasteiger partial charge in [0.25, 0.3) is 0 Å². The molecule has 0 radical (unpaired) electrons. The van der Waals surface area contributed by atoms with Gasteiger partial charge in [0.2, 0.25) is 5.91 Å². The summed E-state index contributed by atoms with van der Waals surface area (Å²) in [5.41, 5.74) is 0.150. The molecule has 0 atom stereocenters. The fourth-order valence-corrected chi connectivity index (χ4v) is 5.72. The summed E-state index contributed by atoms with van der Waals surface area (Å²) in [5, 5.41) is -0.0103. The van der Waals surface area contributed by atoms with Crippen LogP contribution < -0.4 is 5.69 Å². The van der Waals surface area contributed by atoms with Gasteiger partial charge in [-0.05, 0) is 31.0 Å². The van der Waals surface area contributed by atoms with Gasteiger partial charge in [-0.25, -0.2) is 19.7 Å². The van der Waals surface area contributed by atoms with E-state index >= 15 is 0 Å².